The Bertz CT molecular complexity index is 315. The SMILES string of the molecule is C#CCNC(=O)C(C)SC(=N)N=C(N)N. The first-order chi connectivity index (χ1) is 6.97. The largest absolute Gasteiger partial charge is 0.370 e. The summed E-state index contributed by atoms with van der Waals surface area (Å²) in [5.41, 5.74) is 10.1. The van der Waals surface area contributed by atoms with Crippen LogP contribution < -0.4 is 16.8 Å². The highest BCUT2D eigenvalue weighted by atomic mass is 32.2. The normalized spacial score (nSPS) is 10.9. The maximum atomic E-state index is 11.3. The lowest BCUT2D eigenvalue weighted by molar-refractivity contribution is -0.120. The van der Waals surface area contributed by atoms with E-state index in [4.69, 9.17) is 23.3 Å². The van der Waals surface area contributed by atoms with Crippen LogP contribution in [0.2, 0.25) is 0 Å². The fourth-order valence-corrected chi connectivity index (χ4v) is 1.33. The van der Waals surface area contributed by atoms with Gasteiger partial charge in [-0.2, -0.15) is 4.99 Å². The van der Waals surface area contributed by atoms with Gasteiger partial charge in [-0.15, -0.1) is 6.42 Å². The van der Waals surface area contributed by atoms with Gasteiger partial charge in [0.05, 0.1) is 11.8 Å². The van der Waals surface area contributed by atoms with Crippen molar-refractivity contribution in [2.75, 3.05) is 6.54 Å². The summed E-state index contributed by atoms with van der Waals surface area (Å²) in [6, 6.07) is 0. The van der Waals surface area contributed by atoms with Gasteiger partial charge in [0.1, 0.15) is 0 Å². The molecule has 0 saturated heterocycles. The molecule has 0 aliphatic carbocycles. The molecule has 1 atom stereocenters. The predicted molar refractivity (Wildman–Crippen MR) is 62.4 cm³/mol. The number of terminal acetylenes is 1. The van der Waals surface area contributed by atoms with Crippen LogP contribution in [-0.4, -0.2) is 28.8 Å². The summed E-state index contributed by atoms with van der Waals surface area (Å²) in [5, 5.41) is 9.23. The number of guanidine groups is 1. The molecule has 0 aliphatic rings. The molecule has 0 heterocycles. The number of amides is 1. The molecule has 6 nitrogen and oxygen atoms in total. The first-order valence-corrected chi connectivity index (χ1v) is 4.91. The van der Waals surface area contributed by atoms with E-state index in [0.717, 1.165) is 11.8 Å². The van der Waals surface area contributed by atoms with Crippen LogP contribution in [0, 0.1) is 17.8 Å². The molecular weight excluding hydrogens is 214 g/mol. The highest BCUT2D eigenvalue weighted by Crippen LogP contribution is 2.12. The van der Waals surface area contributed by atoms with Crippen molar-refractivity contribution in [2.45, 2.75) is 12.2 Å². The van der Waals surface area contributed by atoms with Crippen LogP contribution in [0.25, 0.3) is 0 Å². The average molecular weight is 227 g/mol. The minimum atomic E-state index is -0.464. The van der Waals surface area contributed by atoms with Crippen LogP contribution in [0.3, 0.4) is 0 Å². The molecule has 0 saturated carbocycles. The van der Waals surface area contributed by atoms with E-state index in [1.54, 1.807) is 6.92 Å². The lowest BCUT2D eigenvalue weighted by Gasteiger charge is -2.08. The summed E-state index contributed by atoms with van der Waals surface area (Å²) >= 11 is 0.942. The van der Waals surface area contributed by atoms with Gasteiger partial charge >= 0.3 is 0 Å². The predicted octanol–water partition coefficient (Wildman–Crippen LogP) is -0.934. The highest BCUT2D eigenvalue weighted by molar-refractivity contribution is 8.14. The van der Waals surface area contributed by atoms with Crippen LogP contribution in [0.5, 0.6) is 0 Å². The monoisotopic (exact) mass is 227 g/mol. The Morgan fingerprint density at radius 3 is 2.80 bits per heavy atom. The lowest BCUT2D eigenvalue weighted by Crippen LogP contribution is -2.32. The number of rotatable bonds is 3. The standard InChI is InChI=1S/C8H13N5OS/c1-3-4-12-6(14)5(2)15-8(11)13-7(9)10/h1,5H,4H2,2H3,(H,12,14)(H5,9,10,11,13). The van der Waals surface area contributed by atoms with Crippen molar-refractivity contribution in [3.05, 3.63) is 0 Å². The van der Waals surface area contributed by atoms with Gasteiger partial charge in [0.2, 0.25) is 5.91 Å². The molecule has 6 N–H and O–H groups in total. The Kier molecular flexibility index (Phi) is 5.97. The molecule has 0 aromatic rings. The zero-order valence-electron chi connectivity index (χ0n) is 8.28. The van der Waals surface area contributed by atoms with Gasteiger partial charge in [0.15, 0.2) is 11.1 Å². The Morgan fingerprint density at radius 1 is 1.73 bits per heavy atom. The maximum Gasteiger partial charge on any atom is 0.234 e. The molecule has 7 heteroatoms. The molecule has 15 heavy (non-hydrogen) atoms. The maximum absolute atomic E-state index is 11.3. The average Bonchev–Trinajstić information content (AvgIpc) is 2.12. The number of carbonyl (C=O) groups is 1. The second-order valence-electron chi connectivity index (χ2n) is 2.52. The van der Waals surface area contributed by atoms with Crippen molar-refractivity contribution < 1.29 is 4.79 Å². The van der Waals surface area contributed by atoms with E-state index in [0.29, 0.717) is 0 Å². The molecule has 0 radical (unpaired) electrons. The summed E-state index contributed by atoms with van der Waals surface area (Å²) in [6.45, 7) is 1.80. The van der Waals surface area contributed by atoms with E-state index < -0.39 is 5.25 Å². The number of aliphatic imine (C=N–C) groups is 1. The van der Waals surface area contributed by atoms with E-state index in [1.807, 2.05) is 0 Å². The fraction of sp³-hybridized carbons (Fsp3) is 0.375. The number of amidine groups is 1. The number of nitrogens with two attached hydrogens (primary N) is 2. The van der Waals surface area contributed by atoms with Crippen molar-refractivity contribution in [1.82, 2.24) is 5.32 Å². The third-order valence-corrected chi connectivity index (χ3v) is 2.14. The zero-order chi connectivity index (χ0) is 11.8. The molecule has 1 amide bonds. The number of nitrogens with zero attached hydrogens (tertiary/aromatic N) is 1. The summed E-state index contributed by atoms with van der Waals surface area (Å²) in [5.74, 6) is 1.82. The molecular formula is C8H13N5OS. The Labute approximate surface area is 92.4 Å². The quantitative estimate of drug-likeness (QED) is 0.283. The van der Waals surface area contributed by atoms with Crippen LogP contribution in [0.1, 0.15) is 6.92 Å². The summed E-state index contributed by atoms with van der Waals surface area (Å²) in [4.78, 5) is 14.8. The summed E-state index contributed by atoms with van der Waals surface area (Å²) in [6.07, 6.45) is 4.98. The van der Waals surface area contributed by atoms with Gasteiger partial charge in [0.25, 0.3) is 0 Å². The molecule has 0 bridgehead atoms. The van der Waals surface area contributed by atoms with Gasteiger partial charge in [0, 0.05) is 0 Å². The second kappa shape index (κ2) is 6.73. The summed E-state index contributed by atoms with van der Waals surface area (Å²) in [7, 11) is 0. The molecule has 82 valence electrons. The fourth-order valence-electron chi connectivity index (χ4n) is 0.646. The Balaban J connectivity index is 4.08. The van der Waals surface area contributed by atoms with Crippen LogP contribution in [0.4, 0.5) is 0 Å². The Morgan fingerprint density at radius 2 is 2.33 bits per heavy atom. The van der Waals surface area contributed by atoms with Crippen molar-refractivity contribution in [3.8, 4) is 12.3 Å². The molecule has 0 aromatic heterocycles. The van der Waals surface area contributed by atoms with E-state index >= 15 is 0 Å². The van der Waals surface area contributed by atoms with E-state index in [1.165, 1.54) is 0 Å². The van der Waals surface area contributed by atoms with Crippen molar-refractivity contribution in [2.24, 2.45) is 16.5 Å². The number of nitrogens with one attached hydrogen (secondary N) is 2. The van der Waals surface area contributed by atoms with Crippen molar-refractivity contribution in [3.63, 3.8) is 0 Å². The van der Waals surface area contributed by atoms with Gasteiger partial charge < -0.3 is 16.8 Å². The lowest BCUT2D eigenvalue weighted by atomic mass is 10.4. The van der Waals surface area contributed by atoms with Gasteiger partial charge in [-0.05, 0) is 6.92 Å². The van der Waals surface area contributed by atoms with Crippen LogP contribution >= 0.6 is 11.8 Å². The van der Waals surface area contributed by atoms with Crippen molar-refractivity contribution in [1.29, 1.82) is 5.41 Å². The second-order valence-corrected chi connectivity index (χ2v) is 3.85. The smallest absolute Gasteiger partial charge is 0.234 e. The number of thioether (sulfide) groups is 1. The highest BCUT2D eigenvalue weighted by Gasteiger charge is 2.14. The van der Waals surface area contributed by atoms with Gasteiger partial charge in [-0.1, -0.05) is 17.7 Å². The van der Waals surface area contributed by atoms with Crippen molar-refractivity contribution >= 4 is 28.8 Å². The summed E-state index contributed by atoms with van der Waals surface area (Å²) < 4.78 is 0. The molecule has 1 unspecified atom stereocenters. The first-order valence-electron chi connectivity index (χ1n) is 4.03. The molecule has 0 fully saturated rings. The number of carbonyl (C=O) groups excluding carboxylic acids is 1. The number of hydrogen-bond donors (Lipinski definition) is 4. The Hall–Kier alpha value is -1.68. The minimum Gasteiger partial charge on any atom is -0.370 e. The van der Waals surface area contributed by atoms with Gasteiger partial charge in [-0.3, -0.25) is 10.2 Å². The zero-order valence-corrected chi connectivity index (χ0v) is 9.10. The van der Waals surface area contributed by atoms with Crippen LogP contribution in [0.15, 0.2) is 4.99 Å². The number of hydrogen-bond acceptors (Lipinski definition) is 3. The van der Waals surface area contributed by atoms with Gasteiger partial charge in [-0.25, -0.2) is 0 Å². The molecule has 0 rings (SSSR count). The first kappa shape index (κ1) is 13.3. The molecule has 0 aliphatic heterocycles. The molecule has 0 aromatic carbocycles. The van der Waals surface area contributed by atoms with E-state index in [-0.39, 0.29) is 23.6 Å². The van der Waals surface area contributed by atoms with E-state index in [2.05, 4.69) is 16.2 Å². The topological polar surface area (TPSA) is 117 Å². The van der Waals surface area contributed by atoms with E-state index in [9.17, 15) is 4.79 Å². The minimum absolute atomic E-state index is 0.113. The van der Waals surface area contributed by atoms with Crippen LogP contribution in [-0.2, 0) is 4.79 Å². The third kappa shape index (κ3) is 6.40. The third-order valence-electron chi connectivity index (χ3n) is 1.25. The molecule has 0 spiro atoms.